The number of aliphatic hydroxyl groups excluding tert-OH is 1. The molecule has 3 atom stereocenters. The summed E-state index contributed by atoms with van der Waals surface area (Å²) in [6.07, 6.45) is 0.961. The highest BCUT2D eigenvalue weighted by molar-refractivity contribution is 5.86. The van der Waals surface area contributed by atoms with Crippen molar-refractivity contribution >= 4 is 11.9 Å². The number of benzene rings is 4. The van der Waals surface area contributed by atoms with Gasteiger partial charge in [-0.05, 0) is 57.5 Å². The van der Waals surface area contributed by atoms with E-state index in [1.165, 1.54) is 29.4 Å². The Kier molecular flexibility index (Phi) is 12.4. The summed E-state index contributed by atoms with van der Waals surface area (Å²) in [5.41, 5.74) is 7.15. The smallest absolute Gasteiger partial charge is 0.330 e. The largest absolute Gasteiger partial charge is 0.491 e. The van der Waals surface area contributed by atoms with E-state index in [0.717, 1.165) is 28.8 Å². The molecule has 5 rings (SSSR count). The predicted octanol–water partition coefficient (Wildman–Crippen LogP) is 6.66. The number of fused-ring (bicyclic) bond motifs is 3. The van der Waals surface area contributed by atoms with Crippen molar-refractivity contribution in [2.24, 2.45) is 0 Å². The molecule has 0 bridgehead atoms. The van der Waals surface area contributed by atoms with Gasteiger partial charge in [-0.25, -0.2) is 19.4 Å². The summed E-state index contributed by atoms with van der Waals surface area (Å²) in [4.78, 5) is 33.0. The number of esters is 2. The van der Waals surface area contributed by atoms with Crippen LogP contribution in [0.25, 0.3) is 11.1 Å². The lowest BCUT2D eigenvalue weighted by molar-refractivity contribution is -0.313. The Bertz CT molecular complexity index is 1720. The first kappa shape index (κ1) is 36.2. The van der Waals surface area contributed by atoms with E-state index >= 15 is 0 Å². The maximum Gasteiger partial charge on any atom is 0.330 e. The molecule has 1 N–H and O–H groups in total. The number of hydrogen-bond donors (Lipinski definition) is 1. The molecule has 4 aromatic rings. The van der Waals surface area contributed by atoms with E-state index in [1.807, 2.05) is 19.1 Å². The first-order chi connectivity index (χ1) is 24.3. The van der Waals surface area contributed by atoms with Gasteiger partial charge in [-0.1, -0.05) is 105 Å². The van der Waals surface area contributed by atoms with Gasteiger partial charge in [0.25, 0.3) is 0 Å². The number of carbonyl (C=O) groups excluding carboxylic acids is 2. The molecule has 0 aliphatic heterocycles. The SMILES string of the molecule is C=CC(=O)OCC(O)COC(CC)c1ccc(C2(c3ccc(OCC(COC(=O)C=C)OOC)cc3)c3ccccc3-c3ccccc32)cc1. The van der Waals surface area contributed by atoms with Gasteiger partial charge >= 0.3 is 11.9 Å². The van der Waals surface area contributed by atoms with Crippen LogP contribution in [0, 0.1) is 0 Å². The third-order valence-electron chi connectivity index (χ3n) is 8.65. The van der Waals surface area contributed by atoms with Crippen molar-refractivity contribution in [2.45, 2.75) is 37.1 Å². The molecule has 0 fully saturated rings. The van der Waals surface area contributed by atoms with E-state index < -0.39 is 29.6 Å². The highest BCUT2D eigenvalue weighted by Gasteiger charge is 2.45. The van der Waals surface area contributed by atoms with Crippen LogP contribution in [-0.4, -0.2) is 62.8 Å². The quantitative estimate of drug-likeness (QED) is 0.0471. The summed E-state index contributed by atoms with van der Waals surface area (Å²) in [5.74, 6) is -0.537. The maximum absolute atomic E-state index is 11.5. The first-order valence-corrected chi connectivity index (χ1v) is 16.5. The van der Waals surface area contributed by atoms with Gasteiger partial charge in [0.1, 0.15) is 31.7 Å². The van der Waals surface area contributed by atoms with Crippen molar-refractivity contribution in [3.05, 3.63) is 150 Å². The molecule has 0 saturated carbocycles. The number of aliphatic hydroxyl groups is 1. The van der Waals surface area contributed by atoms with Gasteiger partial charge < -0.3 is 24.1 Å². The van der Waals surface area contributed by atoms with Gasteiger partial charge in [0.2, 0.25) is 0 Å². The van der Waals surface area contributed by atoms with Crippen molar-refractivity contribution in [2.75, 3.05) is 33.5 Å². The Hall–Kier alpha value is -5.06. The van der Waals surface area contributed by atoms with Crippen LogP contribution in [0.2, 0.25) is 0 Å². The molecule has 4 aromatic carbocycles. The molecule has 0 aromatic heterocycles. The van der Waals surface area contributed by atoms with Gasteiger partial charge in [-0.15, -0.1) is 0 Å². The minimum absolute atomic E-state index is 0.0160. The molecular formula is C41H42O9. The summed E-state index contributed by atoms with van der Waals surface area (Å²) < 4.78 is 22.1. The summed E-state index contributed by atoms with van der Waals surface area (Å²) in [6, 6.07) is 33.4. The molecular weight excluding hydrogens is 636 g/mol. The zero-order chi connectivity index (χ0) is 35.5. The molecule has 0 saturated heterocycles. The lowest BCUT2D eigenvalue weighted by Crippen LogP contribution is -2.29. The number of hydrogen-bond acceptors (Lipinski definition) is 9. The van der Waals surface area contributed by atoms with Crippen molar-refractivity contribution in [3.63, 3.8) is 0 Å². The minimum Gasteiger partial charge on any atom is -0.491 e. The standard InChI is InChI=1S/C41H42O9/c1-5-38(47-24-31(42)25-48-39(43)6-2)28-16-18-29(19-17-28)41(36-14-10-8-12-34(36)35-13-9-11-15-37(35)41)30-20-22-32(23-21-30)46-26-33(50-45-4)27-49-40(44)7-3/h6-23,31,33,38,42H,2-3,5,24-27H2,1,4H3. The predicted molar refractivity (Wildman–Crippen MR) is 188 cm³/mol. The first-order valence-electron chi connectivity index (χ1n) is 16.5. The second-order valence-electron chi connectivity index (χ2n) is 11.7. The fourth-order valence-electron chi connectivity index (χ4n) is 6.40. The van der Waals surface area contributed by atoms with E-state index in [1.54, 1.807) is 0 Å². The Morgan fingerprint density at radius 1 is 0.740 bits per heavy atom. The highest BCUT2D eigenvalue weighted by atomic mass is 17.2. The summed E-state index contributed by atoms with van der Waals surface area (Å²) in [7, 11) is 1.38. The van der Waals surface area contributed by atoms with Gasteiger partial charge in [-0.3, -0.25) is 0 Å². The van der Waals surface area contributed by atoms with Crippen LogP contribution in [0.3, 0.4) is 0 Å². The maximum atomic E-state index is 11.5. The number of ether oxygens (including phenoxy) is 4. The highest BCUT2D eigenvalue weighted by Crippen LogP contribution is 2.56. The average Bonchev–Trinajstić information content (AvgIpc) is 3.46. The Morgan fingerprint density at radius 2 is 1.28 bits per heavy atom. The van der Waals surface area contributed by atoms with E-state index in [9.17, 15) is 14.7 Å². The van der Waals surface area contributed by atoms with Crippen molar-refractivity contribution in [1.29, 1.82) is 0 Å². The summed E-state index contributed by atoms with van der Waals surface area (Å²) in [5, 5.41) is 10.3. The second-order valence-corrected chi connectivity index (χ2v) is 11.7. The molecule has 9 nitrogen and oxygen atoms in total. The molecule has 0 heterocycles. The van der Waals surface area contributed by atoms with Gasteiger partial charge in [0.15, 0.2) is 6.10 Å². The number of rotatable bonds is 18. The molecule has 260 valence electrons. The van der Waals surface area contributed by atoms with E-state index in [-0.39, 0.29) is 32.5 Å². The normalized spacial score (nSPS) is 14.4. The zero-order valence-electron chi connectivity index (χ0n) is 28.3. The van der Waals surface area contributed by atoms with Crippen LogP contribution in [0.15, 0.2) is 122 Å². The van der Waals surface area contributed by atoms with E-state index in [2.05, 4.69) is 98.1 Å². The van der Waals surface area contributed by atoms with E-state index in [0.29, 0.717) is 12.2 Å². The van der Waals surface area contributed by atoms with Crippen LogP contribution in [0.5, 0.6) is 5.75 Å². The molecule has 3 unspecified atom stereocenters. The summed E-state index contributed by atoms with van der Waals surface area (Å²) >= 11 is 0. The van der Waals surface area contributed by atoms with Gasteiger partial charge in [0, 0.05) is 12.2 Å². The van der Waals surface area contributed by atoms with Crippen LogP contribution in [-0.2, 0) is 39.0 Å². The van der Waals surface area contributed by atoms with Crippen LogP contribution >= 0.6 is 0 Å². The monoisotopic (exact) mass is 678 g/mol. The average molecular weight is 679 g/mol. The van der Waals surface area contributed by atoms with Crippen molar-refractivity contribution in [3.8, 4) is 16.9 Å². The fourth-order valence-corrected chi connectivity index (χ4v) is 6.40. The van der Waals surface area contributed by atoms with Crippen molar-refractivity contribution < 1.29 is 43.4 Å². The third kappa shape index (κ3) is 7.87. The summed E-state index contributed by atoms with van der Waals surface area (Å²) in [6.45, 7) is 8.68. The van der Waals surface area contributed by atoms with Crippen LogP contribution in [0.1, 0.15) is 47.3 Å². The molecule has 9 heteroatoms. The topological polar surface area (TPSA) is 110 Å². The molecule has 50 heavy (non-hydrogen) atoms. The third-order valence-corrected chi connectivity index (χ3v) is 8.65. The van der Waals surface area contributed by atoms with Crippen LogP contribution < -0.4 is 4.74 Å². The van der Waals surface area contributed by atoms with Gasteiger partial charge in [0.05, 0.1) is 25.2 Å². The van der Waals surface area contributed by atoms with Crippen LogP contribution in [0.4, 0.5) is 0 Å². The van der Waals surface area contributed by atoms with Gasteiger partial charge in [-0.2, -0.15) is 0 Å². The Balaban J connectivity index is 1.45. The molecule has 0 radical (unpaired) electrons. The zero-order valence-corrected chi connectivity index (χ0v) is 28.3. The van der Waals surface area contributed by atoms with Crippen molar-refractivity contribution in [1.82, 2.24) is 0 Å². The molecule has 1 aliphatic rings. The minimum atomic E-state index is -0.956. The molecule has 0 amide bonds. The lowest BCUT2D eigenvalue weighted by atomic mass is 9.67. The Morgan fingerprint density at radius 3 is 1.82 bits per heavy atom. The lowest BCUT2D eigenvalue weighted by Gasteiger charge is -2.34. The molecule has 0 spiro atoms. The van der Waals surface area contributed by atoms with E-state index in [4.69, 9.17) is 28.7 Å². The Labute approximate surface area is 292 Å². The molecule has 1 aliphatic carbocycles. The number of carbonyl (C=O) groups is 2. The second kappa shape index (κ2) is 17.0. The fraction of sp³-hybridized carbons (Fsp3) is 0.268.